The Bertz CT molecular complexity index is 781. The van der Waals surface area contributed by atoms with Gasteiger partial charge < -0.3 is 18.8 Å². The lowest BCUT2D eigenvalue weighted by atomic mass is 9.62. The predicted molar refractivity (Wildman–Crippen MR) is 108 cm³/mol. The van der Waals surface area contributed by atoms with Gasteiger partial charge in [0.25, 0.3) is 0 Å². The van der Waals surface area contributed by atoms with E-state index in [-0.39, 0.29) is 23.6 Å². The number of esters is 1. The molecular formula is C22H30BFO5. The van der Waals surface area contributed by atoms with Crippen LogP contribution in [0, 0.1) is 5.82 Å². The highest BCUT2D eigenvalue weighted by Gasteiger charge is 2.54. The topological polar surface area (TPSA) is 54.0 Å². The van der Waals surface area contributed by atoms with Crippen molar-refractivity contribution in [3.05, 3.63) is 29.6 Å². The highest BCUT2D eigenvalue weighted by Crippen LogP contribution is 2.52. The Labute approximate surface area is 172 Å². The summed E-state index contributed by atoms with van der Waals surface area (Å²) >= 11 is 0. The van der Waals surface area contributed by atoms with Gasteiger partial charge in [-0.2, -0.15) is 0 Å². The molecule has 1 saturated carbocycles. The van der Waals surface area contributed by atoms with Crippen LogP contribution in [0.3, 0.4) is 0 Å². The fourth-order valence-electron chi connectivity index (χ4n) is 4.76. The molecule has 5 nitrogen and oxygen atoms in total. The van der Waals surface area contributed by atoms with E-state index in [1.165, 1.54) is 13.2 Å². The molecule has 0 amide bonds. The SMILES string of the molecule is COC(=O)CC12CCC(c3ccc(B4OC(C)(C)C(C)(C)O4)cc3F)(CC1)CO2. The third-order valence-electron chi connectivity index (χ3n) is 7.56. The van der Waals surface area contributed by atoms with Gasteiger partial charge in [0.2, 0.25) is 0 Å². The predicted octanol–water partition coefficient (Wildman–Crippen LogP) is 3.27. The van der Waals surface area contributed by atoms with Crippen LogP contribution in [0.2, 0.25) is 0 Å². The Morgan fingerprint density at radius 2 is 1.72 bits per heavy atom. The highest BCUT2D eigenvalue weighted by molar-refractivity contribution is 6.62. The van der Waals surface area contributed by atoms with E-state index < -0.39 is 23.9 Å². The molecule has 4 aliphatic rings. The van der Waals surface area contributed by atoms with Crippen LogP contribution >= 0.6 is 0 Å². The fraction of sp³-hybridized carbons (Fsp3) is 0.682. The van der Waals surface area contributed by atoms with Gasteiger partial charge in [0.05, 0.1) is 36.9 Å². The quantitative estimate of drug-likeness (QED) is 0.570. The Morgan fingerprint density at radius 1 is 1.10 bits per heavy atom. The first-order valence-corrected chi connectivity index (χ1v) is 10.4. The molecule has 0 N–H and O–H groups in total. The standard InChI is InChI=1S/C22H30BFO5/c1-19(2)20(3,4)29-23(28-19)15-6-7-16(17(24)12-15)21-8-10-22(11-9-21,27-14-21)13-18(25)26-5/h6-7,12H,8-11,13-14H2,1-5H3. The van der Waals surface area contributed by atoms with E-state index in [0.717, 1.165) is 25.7 Å². The van der Waals surface area contributed by atoms with Crippen LogP contribution in [-0.2, 0) is 29.0 Å². The Kier molecular flexibility index (Phi) is 4.88. The van der Waals surface area contributed by atoms with Crippen molar-refractivity contribution in [3.63, 3.8) is 0 Å². The molecule has 3 aliphatic heterocycles. The molecule has 5 rings (SSSR count). The van der Waals surface area contributed by atoms with Gasteiger partial charge in [-0.1, -0.05) is 12.1 Å². The van der Waals surface area contributed by atoms with Crippen molar-refractivity contribution < 1.29 is 28.0 Å². The lowest BCUT2D eigenvalue weighted by Gasteiger charge is -2.53. The summed E-state index contributed by atoms with van der Waals surface area (Å²) in [6, 6.07) is 5.30. The second-order valence-corrected chi connectivity index (χ2v) is 9.83. The number of benzene rings is 1. The number of carbonyl (C=O) groups is 1. The summed E-state index contributed by atoms with van der Waals surface area (Å²) in [6.45, 7) is 8.37. The number of halogens is 1. The number of fused-ring (bicyclic) bond motifs is 3. The van der Waals surface area contributed by atoms with Gasteiger partial charge in [-0.25, -0.2) is 4.39 Å². The summed E-state index contributed by atoms with van der Waals surface area (Å²) in [5.41, 5.74) is -0.341. The van der Waals surface area contributed by atoms with E-state index in [2.05, 4.69) is 0 Å². The Morgan fingerprint density at radius 3 is 2.21 bits per heavy atom. The molecule has 0 radical (unpaired) electrons. The maximum atomic E-state index is 15.2. The fourth-order valence-corrected chi connectivity index (χ4v) is 4.76. The van der Waals surface area contributed by atoms with E-state index in [9.17, 15) is 4.79 Å². The highest BCUT2D eigenvalue weighted by atomic mass is 19.1. The largest absolute Gasteiger partial charge is 0.494 e. The van der Waals surface area contributed by atoms with Crippen LogP contribution in [0.25, 0.3) is 0 Å². The Hall–Kier alpha value is -1.44. The van der Waals surface area contributed by atoms with E-state index >= 15 is 4.39 Å². The van der Waals surface area contributed by atoms with Gasteiger partial charge in [-0.05, 0) is 70.5 Å². The maximum Gasteiger partial charge on any atom is 0.494 e. The molecule has 1 aliphatic carbocycles. The smallest absolute Gasteiger partial charge is 0.469 e. The average Bonchev–Trinajstić information content (AvgIpc) is 2.90. The van der Waals surface area contributed by atoms with Crippen molar-refractivity contribution in [1.29, 1.82) is 0 Å². The van der Waals surface area contributed by atoms with Crippen molar-refractivity contribution in [1.82, 2.24) is 0 Å². The zero-order valence-corrected chi connectivity index (χ0v) is 18.0. The second-order valence-electron chi connectivity index (χ2n) is 9.83. The first kappa shape index (κ1) is 20.8. The summed E-state index contributed by atoms with van der Waals surface area (Å²) in [7, 11) is 0.814. The third-order valence-corrected chi connectivity index (χ3v) is 7.56. The summed E-state index contributed by atoms with van der Waals surface area (Å²) in [5, 5.41) is 0. The molecule has 0 atom stereocenters. The van der Waals surface area contributed by atoms with Gasteiger partial charge in [0, 0.05) is 5.41 Å². The van der Waals surface area contributed by atoms with Crippen molar-refractivity contribution in [2.75, 3.05) is 13.7 Å². The van der Waals surface area contributed by atoms with Crippen LogP contribution < -0.4 is 5.46 Å². The first-order valence-electron chi connectivity index (χ1n) is 10.4. The van der Waals surface area contributed by atoms with Gasteiger partial charge >= 0.3 is 13.1 Å². The minimum atomic E-state index is -0.581. The number of hydrogen-bond donors (Lipinski definition) is 0. The summed E-state index contributed by atoms with van der Waals surface area (Å²) in [4.78, 5) is 11.7. The van der Waals surface area contributed by atoms with E-state index in [1.807, 2.05) is 39.8 Å². The maximum absolute atomic E-state index is 15.2. The molecule has 3 saturated heterocycles. The number of rotatable bonds is 4. The van der Waals surface area contributed by atoms with Crippen molar-refractivity contribution >= 4 is 18.6 Å². The number of carbonyl (C=O) groups excluding carboxylic acids is 1. The van der Waals surface area contributed by atoms with Crippen LogP contribution in [0.1, 0.15) is 65.4 Å². The first-order chi connectivity index (χ1) is 13.5. The zero-order chi connectivity index (χ0) is 21.1. The van der Waals surface area contributed by atoms with E-state index in [1.54, 1.807) is 0 Å². The Balaban J connectivity index is 1.52. The molecule has 0 spiro atoms. The monoisotopic (exact) mass is 404 g/mol. The minimum Gasteiger partial charge on any atom is -0.469 e. The molecule has 2 bridgehead atoms. The summed E-state index contributed by atoms with van der Waals surface area (Å²) < 4.78 is 38.3. The van der Waals surface area contributed by atoms with Gasteiger partial charge in [-0.15, -0.1) is 0 Å². The average molecular weight is 404 g/mol. The lowest BCUT2D eigenvalue weighted by Crippen LogP contribution is -2.54. The van der Waals surface area contributed by atoms with Crippen LogP contribution in [0.15, 0.2) is 18.2 Å². The second kappa shape index (κ2) is 6.79. The molecular weight excluding hydrogens is 374 g/mol. The molecule has 4 fully saturated rings. The third kappa shape index (κ3) is 3.41. The summed E-state index contributed by atoms with van der Waals surface area (Å²) in [6.07, 6.45) is 3.34. The molecule has 0 aromatic heterocycles. The normalized spacial score (nSPS) is 32.4. The molecule has 1 aromatic rings. The number of hydrogen-bond acceptors (Lipinski definition) is 5. The van der Waals surface area contributed by atoms with E-state index in [0.29, 0.717) is 17.6 Å². The molecule has 1 aromatic carbocycles. The van der Waals surface area contributed by atoms with Crippen molar-refractivity contribution in [2.24, 2.45) is 0 Å². The van der Waals surface area contributed by atoms with Gasteiger partial charge in [0.15, 0.2) is 0 Å². The molecule has 29 heavy (non-hydrogen) atoms. The van der Waals surface area contributed by atoms with Gasteiger partial charge in [0.1, 0.15) is 5.82 Å². The lowest BCUT2D eigenvalue weighted by molar-refractivity contribution is -0.177. The molecule has 158 valence electrons. The summed E-state index contributed by atoms with van der Waals surface area (Å²) in [5.74, 6) is -0.500. The van der Waals surface area contributed by atoms with Crippen molar-refractivity contribution in [2.45, 2.75) is 82.0 Å². The number of methoxy groups -OCH3 is 1. The zero-order valence-electron chi connectivity index (χ0n) is 18.0. The molecule has 3 heterocycles. The van der Waals surface area contributed by atoms with Crippen LogP contribution in [0.4, 0.5) is 4.39 Å². The van der Waals surface area contributed by atoms with Crippen molar-refractivity contribution in [3.8, 4) is 0 Å². The van der Waals surface area contributed by atoms with Gasteiger partial charge in [-0.3, -0.25) is 4.79 Å². The van der Waals surface area contributed by atoms with Crippen LogP contribution in [-0.4, -0.2) is 43.6 Å². The minimum absolute atomic E-state index is 0.247. The molecule has 0 unspecified atom stereocenters. The van der Waals surface area contributed by atoms with Crippen LogP contribution in [0.5, 0.6) is 0 Å². The molecule has 7 heteroatoms. The number of ether oxygens (including phenoxy) is 2. The van der Waals surface area contributed by atoms with E-state index in [4.69, 9.17) is 18.8 Å².